The van der Waals surface area contributed by atoms with Gasteiger partial charge in [-0.1, -0.05) is 61.6 Å². The SMILES string of the molecule is Cc1c(-c2ccc(N3CCc4cccc(C(=O)Nc5nc6ccccc6s5)c4C3)nc2C(=O)O)cnn1CC12CC3(C)CC(C)(C1)CC(OCCN(CC(CO)CO)C(=O)OCc1ccc(CCCNC(=O)CN4C(=O)C=CC4=O)cc1O[C@@H]1O[C@H](C(=O)O)[C@@H](O)[C@H](O)[C@H]1O)(C3)C2. The van der Waals surface area contributed by atoms with Crippen LogP contribution in [0.4, 0.5) is 15.7 Å². The van der Waals surface area contributed by atoms with E-state index in [0.717, 1.165) is 76.2 Å². The number of imide groups is 1. The fourth-order valence-electron chi connectivity index (χ4n) is 16.3. The number of hydrogen-bond acceptors (Lipinski definition) is 21. The number of carboxylic acids is 2. The maximum absolute atomic E-state index is 14.3. The number of amides is 5. The fraction of sp³-hybridized carbons (Fsp3) is 0.478. The van der Waals surface area contributed by atoms with Gasteiger partial charge in [-0.15, -0.1) is 0 Å². The maximum Gasteiger partial charge on any atom is 0.410 e. The summed E-state index contributed by atoms with van der Waals surface area (Å²) in [5, 5.41) is 84.1. The first-order valence-corrected chi connectivity index (χ1v) is 33.3. The third kappa shape index (κ3) is 14.5. The highest BCUT2D eigenvalue weighted by molar-refractivity contribution is 7.22. The summed E-state index contributed by atoms with van der Waals surface area (Å²) in [4.78, 5) is 103. The molecule has 3 aliphatic heterocycles. The smallest absolute Gasteiger partial charge is 0.410 e. The number of anilines is 2. The van der Waals surface area contributed by atoms with Crippen LogP contribution >= 0.6 is 11.3 Å². The Kier molecular flexibility index (Phi) is 19.4. The Balaban J connectivity index is 0.717. The van der Waals surface area contributed by atoms with Crippen LogP contribution in [0.25, 0.3) is 21.3 Å². The van der Waals surface area contributed by atoms with Gasteiger partial charge in [0.05, 0.1) is 28.6 Å². The zero-order valence-corrected chi connectivity index (χ0v) is 54.7. The number of carbonyl (C=O) groups excluding carboxylic acids is 5. The Morgan fingerprint density at radius 1 is 0.856 bits per heavy atom. The number of benzene rings is 3. The topological polar surface area (TPSA) is 375 Å². The van der Waals surface area contributed by atoms with Crippen LogP contribution in [0.5, 0.6) is 5.75 Å². The number of nitrogens with one attached hydrogen (secondary N) is 2. The number of fused-ring (bicyclic) bond motifs is 2. The molecule has 3 aromatic heterocycles. The predicted molar refractivity (Wildman–Crippen MR) is 349 cm³/mol. The van der Waals surface area contributed by atoms with Gasteiger partial charge in [-0.2, -0.15) is 5.10 Å². The number of aliphatic hydroxyl groups excluding tert-OH is 5. The molecule has 7 atom stereocenters. The van der Waals surface area contributed by atoms with Crippen LogP contribution in [0.1, 0.15) is 108 Å². The first kappa shape index (κ1) is 68.2. The highest BCUT2D eigenvalue weighted by atomic mass is 32.1. The summed E-state index contributed by atoms with van der Waals surface area (Å²) < 4.78 is 27.4. The Hall–Kier alpha value is -8.74. The standard InChI is InChI=1S/C69H79N9O18S/c1-39-46(44-15-16-51(73-55(44)61(88)89)75-21-19-42-9-6-10-45(47(42)27-75)60(87)74-64-72-48-11-4-5-12-50(48)97-64)25-71-78(39)38-68-33-66(2)32-67(3,34-68)36-69(35-66,37-68)94-23-22-76(26-41(29-79)30-80)65(92)93-31-43-14-13-40(8-7-20-70-52(81)28-77-53(82)17-18-54(77)83)24-49(43)95-63-58(86)56(84)57(85)59(96-63)62(90)91/h4-6,9-18,24-25,41,56-59,63,79-80,84-86H,7-8,19-23,26-38H2,1-3H3,(H,70,81)(H,88,89)(H,90,91)(H,72,74,87)/t56-,57-,58+,59-,63+,66?,67?,68?,69?/m0/s1. The molecule has 13 rings (SSSR count). The number of para-hydroxylation sites is 1. The number of nitrogens with zero attached hydrogens (tertiary/aromatic N) is 7. The molecule has 0 spiro atoms. The second kappa shape index (κ2) is 27.6. The highest BCUT2D eigenvalue weighted by Crippen LogP contribution is 2.72. The highest BCUT2D eigenvalue weighted by Gasteiger charge is 2.66. The molecule has 5 amide bonds. The van der Waals surface area contributed by atoms with Crippen LogP contribution in [0.2, 0.25) is 0 Å². The van der Waals surface area contributed by atoms with Crippen LogP contribution in [0, 0.1) is 29.1 Å². The summed E-state index contributed by atoms with van der Waals surface area (Å²) in [6.45, 7) is 6.18. The van der Waals surface area contributed by atoms with Gasteiger partial charge in [-0.25, -0.2) is 24.4 Å². The number of rotatable bonds is 26. The first-order chi connectivity index (χ1) is 46.3. The molecule has 5 fully saturated rings. The van der Waals surface area contributed by atoms with Crippen LogP contribution in [-0.2, 0) is 65.9 Å². The minimum atomic E-state index is -2.00. The molecule has 4 saturated carbocycles. The molecule has 28 heteroatoms. The number of ether oxygens (including phenoxy) is 4. The summed E-state index contributed by atoms with van der Waals surface area (Å²) in [6, 6.07) is 21.7. The van der Waals surface area contributed by atoms with Gasteiger partial charge in [0.25, 0.3) is 17.7 Å². The van der Waals surface area contributed by atoms with Gasteiger partial charge in [-0.3, -0.25) is 34.1 Å². The Bertz CT molecular complexity index is 4010. The van der Waals surface area contributed by atoms with E-state index in [4.69, 9.17) is 29.0 Å². The number of pyridine rings is 1. The number of carboxylic acid groups (broad SMARTS) is 2. The number of thiazole rings is 1. The molecule has 6 heterocycles. The van der Waals surface area contributed by atoms with Crippen molar-refractivity contribution >= 4 is 74.2 Å². The lowest BCUT2D eigenvalue weighted by Gasteiger charge is -2.69. The van der Waals surface area contributed by atoms with E-state index in [2.05, 4.69) is 29.5 Å². The van der Waals surface area contributed by atoms with Crippen molar-refractivity contribution in [2.75, 3.05) is 62.8 Å². The minimum absolute atomic E-state index is 0.00775. The number of aliphatic carboxylic acids is 1. The molecule has 97 heavy (non-hydrogen) atoms. The second-order valence-electron chi connectivity index (χ2n) is 27.5. The van der Waals surface area contributed by atoms with E-state index < -0.39 is 104 Å². The molecule has 4 bridgehead atoms. The molecular weight excluding hydrogens is 1270 g/mol. The molecular formula is C69H79N9O18S. The number of hydrogen-bond donors (Lipinski definition) is 9. The molecule has 3 aromatic carbocycles. The average molecular weight is 1350 g/mol. The largest absolute Gasteiger partial charge is 0.479 e. The Morgan fingerprint density at radius 2 is 1.61 bits per heavy atom. The van der Waals surface area contributed by atoms with Crippen molar-refractivity contribution < 1.29 is 88.3 Å². The van der Waals surface area contributed by atoms with Gasteiger partial charge >= 0.3 is 18.0 Å². The van der Waals surface area contributed by atoms with Gasteiger partial charge in [0.15, 0.2) is 16.9 Å². The van der Waals surface area contributed by atoms with E-state index in [1.54, 1.807) is 30.5 Å². The molecule has 1 saturated heterocycles. The fourth-order valence-corrected chi connectivity index (χ4v) is 17.2. The van der Waals surface area contributed by atoms with Gasteiger partial charge in [0, 0.05) is 98.5 Å². The lowest BCUT2D eigenvalue weighted by Crippen LogP contribution is -2.64. The molecule has 2 unspecified atom stereocenters. The van der Waals surface area contributed by atoms with Crippen LogP contribution in [-0.4, -0.2) is 196 Å². The number of aromatic nitrogens is 4. The number of aromatic carboxylic acids is 1. The Labute approximate surface area is 561 Å². The van der Waals surface area contributed by atoms with Crippen molar-refractivity contribution in [3.63, 3.8) is 0 Å². The third-order valence-corrected chi connectivity index (χ3v) is 20.6. The van der Waals surface area contributed by atoms with Gasteiger partial charge in [0.1, 0.15) is 43.0 Å². The van der Waals surface area contributed by atoms with E-state index in [9.17, 15) is 69.3 Å². The number of carbonyl (C=O) groups is 7. The maximum atomic E-state index is 14.3. The summed E-state index contributed by atoms with van der Waals surface area (Å²) in [5.41, 5.74) is 4.52. The molecule has 9 N–H and O–H groups in total. The monoisotopic (exact) mass is 1350 g/mol. The van der Waals surface area contributed by atoms with Crippen LogP contribution < -0.4 is 20.3 Å². The molecule has 7 aliphatic rings. The van der Waals surface area contributed by atoms with Gasteiger partial charge in [-0.05, 0) is 134 Å². The van der Waals surface area contributed by atoms with E-state index in [1.165, 1.54) is 22.3 Å². The van der Waals surface area contributed by atoms with E-state index in [-0.39, 0.29) is 65.4 Å². The molecule has 27 nitrogen and oxygen atoms in total. The number of aryl methyl sites for hydroxylation is 1. The predicted octanol–water partition coefficient (Wildman–Crippen LogP) is 5.00. The van der Waals surface area contributed by atoms with Gasteiger partial charge < -0.3 is 69.8 Å². The normalized spacial score (nSPS) is 25.6. The minimum Gasteiger partial charge on any atom is -0.479 e. The molecule has 4 aliphatic carbocycles. The second-order valence-corrected chi connectivity index (χ2v) is 28.5. The summed E-state index contributed by atoms with van der Waals surface area (Å²) >= 11 is 1.40. The first-order valence-electron chi connectivity index (χ1n) is 32.4. The van der Waals surface area contributed by atoms with Crippen molar-refractivity contribution in [2.24, 2.45) is 22.2 Å². The third-order valence-electron chi connectivity index (χ3n) is 19.7. The summed E-state index contributed by atoms with van der Waals surface area (Å²) in [6.07, 6.45) is -0.500. The van der Waals surface area contributed by atoms with Crippen molar-refractivity contribution in [3.05, 3.63) is 130 Å². The van der Waals surface area contributed by atoms with Crippen molar-refractivity contribution in [1.82, 2.24) is 34.9 Å². The molecule has 0 radical (unpaired) electrons. The van der Waals surface area contributed by atoms with Crippen molar-refractivity contribution in [3.8, 4) is 16.9 Å². The van der Waals surface area contributed by atoms with E-state index in [0.29, 0.717) is 78.5 Å². The summed E-state index contributed by atoms with van der Waals surface area (Å²) in [5.74, 6) is -5.23. The average Bonchev–Trinajstić information content (AvgIpc) is 1.69. The zero-order chi connectivity index (χ0) is 68.7. The van der Waals surface area contributed by atoms with Gasteiger partial charge in [0.2, 0.25) is 12.2 Å². The van der Waals surface area contributed by atoms with E-state index in [1.807, 2.05) is 59.0 Å². The zero-order valence-electron chi connectivity index (χ0n) is 53.9. The van der Waals surface area contributed by atoms with Crippen LogP contribution in [0.3, 0.4) is 0 Å². The summed E-state index contributed by atoms with van der Waals surface area (Å²) in [7, 11) is 0. The van der Waals surface area contributed by atoms with E-state index >= 15 is 0 Å². The number of aliphatic hydroxyl groups is 5. The Morgan fingerprint density at radius 3 is 2.33 bits per heavy atom. The lowest BCUT2D eigenvalue weighted by molar-refractivity contribution is -0.271. The lowest BCUT2D eigenvalue weighted by atomic mass is 9.39. The quantitative estimate of drug-likeness (QED) is 0.0255. The molecule has 514 valence electrons. The van der Waals surface area contributed by atoms with Crippen molar-refractivity contribution in [2.45, 2.75) is 135 Å². The molecule has 6 aromatic rings. The van der Waals surface area contributed by atoms with Crippen LogP contribution in [0.15, 0.2) is 91.1 Å². The van der Waals surface area contributed by atoms with Crippen molar-refractivity contribution in [1.29, 1.82) is 0 Å².